The summed E-state index contributed by atoms with van der Waals surface area (Å²) < 4.78 is 0. The lowest BCUT2D eigenvalue weighted by molar-refractivity contribution is 0.360. The second-order valence-electron chi connectivity index (χ2n) is 3.57. The van der Waals surface area contributed by atoms with Crippen LogP contribution in [0.25, 0.3) is 0 Å². The van der Waals surface area contributed by atoms with Gasteiger partial charge in [-0.15, -0.1) is 0 Å². The van der Waals surface area contributed by atoms with Gasteiger partial charge in [0.1, 0.15) is 0 Å². The summed E-state index contributed by atoms with van der Waals surface area (Å²) >= 11 is 0. The lowest BCUT2D eigenvalue weighted by atomic mass is 9.87. The first kappa shape index (κ1) is 8.76. The van der Waals surface area contributed by atoms with Gasteiger partial charge in [0.05, 0.1) is 5.54 Å². The Kier molecular flexibility index (Phi) is 3.10. The summed E-state index contributed by atoms with van der Waals surface area (Å²) in [5.74, 6) is 0. The summed E-state index contributed by atoms with van der Waals surface area (Å²) in [6, 6.07) is 0. The first-order valence-electron chi connectivity index (χ1n) is 4.86. The number of aliphatic imine (C=N–C) groups is 1. The summed E-state index contributed by atoms with van der Waals surface area (Å²) in [6.45, 7) is 4.51. The SMILES string of the molecule is CCCC1(CCC)CCC=N1. The molecule has 0 unspecified atom stereocenters. The molecule has 0 N–H and O–H groups in total. The number of rotatable bonds is 4. The lowest BCUT2D eigenvalue weighted by Crippen LogP contribution is -2.22. The largest absolute Gasteiger partial charge is 0.291 e. The topological polar surface area (TPSA) is 12.4 Å². The Morgan fingerprint density at radius 1 is 1.27 bits per heavy atom. The summed E-state index contributed by atoms with van der Waals surface area (Å²) in [6.07, 6.45) is 9.75. The number of nitrogens with zero attached hydrogens (tertiary/aromatic N) is 1. The van der Waals surface area contributed by atoms with E-state index < -0.39 is 0 Å². The highest BCUT2D eigenvalue weighted by Gasteiger charge is 2.28. The van der Waals surface area contributed by atoms with E-state index in [1.165, 1.54) is 38.5 Å². The molecule has 0 aliphatic carbocycles. The summed E-state index contributed by atoms with van der Waals surface area (Å²) in [5.41, 5.74) is 0.365. The van der Waals surface area contributed by atoms with Gasteiger partial charge in [0.25, 0.3) is 0 Å². The Hall–Kier alpha value is -0.330. The molecule has 0 aromatic heterocycles. The maximum atomic E-state index is 4.62. The van der Waals surface area contributed by atoms with Crippen LogP contribution in [0, 0.1) is 0 Å². The van der Waals surface area contributed by atoms with E-state index in [1.807, 2.05) is 0 Å². The van der Waals surface area contributed by atoms with Crippen LogP contribution in [0.5, 0.6) is 0 Å². The Balaban J connectivity index is 2.48. The van der Waals surface area contributed by atoms with Crippen LogP contribution in [0.4, 0.5) is 0 Å². The van der Waals surface area contributed by atoms with Crippen molar-refractivity contribution in [1.82, 2.24) is 0 Å². The van der Waals surface area contributed by atoms with Crippen LogP contribution in [0.15, 0.2) is 4.99 Å². The van der Waals surface area contributed by atoms with Crippen molar-refractivity contribution in [3.63, 3.8) is 0 Å². The van der Waals surface area contributed by atoms with Crippen molar-refractivity contribution in [3.05, 3.63) is 0 Å². The number of hydrogen-bond acceptors (Lipinski definition) is 1. The molecule has 11 heavy (non-hydrogen) atoms. The van der Waals surface area contributed by atoms with E-state index in [0.717, 1.165) is 0 Å². The molecule has 0 radical (unpaired) electrons. The second-order valence-corrected chi connectivity index (χ2v) is 3.57. The molecule has 0 atom stereocenters. The van der Waals surface area contributed by atoms with Crippen molar-refractivity contribution in [2.45, 2.75) is 57.9 Å². The number of hydrogen-bond donors (Lipinski definition) is 0. The van der Waals surface area contributed by atoms with E-state index in [2.05, 4.69) is 25.1 Å². The Bertz CT molecular complexity index is 132. The second kappa shape index (κ2) is 3.89. The van der Waals surface area contributed by atoms with E-state index >= 15 is 0 Å². The van der Waals surface area contributed by atoms with Crippen molar-refractivity contribution in [2.24, 2.45) is 4.99 Å². The monoisotopic (exact) mass is 153 g/mol. The summed E-state index contributed by atoms with van der Waals surface area (Å²) in [7, 11) is 0. The zero-order valence-electron chi connectivity index (χ0n) is 7.77. The normalized spacial score (nSPS) is 20.9. The fourth-order valence-electron chi connectivity index (χ4n) is 2.09. The molecule has 64 valence electrons. The Labute approximate surface area is 69.9 Å². The molecule has 1 nitrogen and oxygen atoms in total. The fourth-order valence-corrected chi connectivity index (χ4v) is 2.09. The van der Waals surface area contributed by atoms with Gasteiger partial charge >= 0.3 is 0 Å². The molecule has 1 heteroatoms. The molecule has 1 aliphatic rings. The minimum atomic E-state index is 0.365. The minimum absolute atomic E-state index is 0.365. The highest BCUT2D eigenvalue weighted by Crippen LogP contribution is 2.32. The van der Waals surface area contributed by atoms with Crippen molar-refractivity contribution in [1.29, 1.82) is 0 Å². The minimum Gasteiger partial charge on any atom is -0.291 e. The zero-order chi connectivity index (χ0) is 8.16. The fraction of sp³-hybridized carbons (Fsp3) is 0.900. The van der Waals surface area contributed by atoms with Gasteiger partial charge < -0.3 is 0 Å². The van der Waals surface area contributed by atoms with Crippen LogP contribution in [0.2, 0.25) is 0 Å². The first-order chi connectivity index (χ1) is 5.33. The van der Waals surface area contributed by atoms with Gasteiger partial charge in [-0.1, -0.05) is 26.7 Å². The van der Waals surface area contributed by atoms with Gasteiger partial charge in [-0.2, -0.15) is 0 Å². The highest BCUT2D eigenvalue weighted by molar-refractivity contribution is 5.60. The third-order valence-electron chi connectivity index (χ3n) is 2.53. The van der Waals surface area contributed by atoms with Gasteiger partial charge in [0.2, 0.25) is 0 Å². The third kappa shape index (κ3) is 2.05. The molecule has 0 saturated carbocycles. The van der Waals surface area contributed by atoms with Gasteiger partial charge in [0.15, 0.2) is 0 Å². The molecule has 0 amide bonds. The van der Waals surface area contributed by atoms with Gasteiger partial charge in [0, 0.05) is 0 Å². The quantitative estimate of drug-likeness (QED) is 0.588. The Morgan fingerprint density at radius 2 is 1.91 bits per heavy atom. The molecule has 0 spiro atoms. The molecule has 0 aromatic carbocycles. The van der Waals surface area contributed by atoms with Crippen LogP contribution in [0.3, 0.4) is 0 Å². The predicted molar refractivity (Wildman–Crippen MR) is 50.3 cm³/mol. The highest BCUT2D eigenvalue weighted by atomic mass is 14.9. The average Bonchev–Trinajstić information content (AvgIpc) is 2.39. The van der Waals surface area contributed by atoms with Crippen LogP contribution in [0.1, 0.15) is 52.4 Å². The van der Waals surface area contributed by atoms with Crippen molar-refractivity contribution in [2.75, 3.05) is 0 Å². The van der Waals surface area contributed by atoms with Crippen molar-refractivity contribution in [3.8, 4) is 0 Å². The predicted octanol–water partition coefficient (Wildman–Crippen LogP) is 3.19. The molecule has 1 aliphatic heterocycles. The maximum absolute atomic E-state index is 4.62. The maximum Gasteiger partial charge on any atom is 0.0607 e. The van der Waals surface area contributed by atoms with Crippen molar-refractivity contribution < 1.29 is 0 Å². The van der Waals surface area contributed by atoms with Gasteiger partial charge in [-0.3, -0.25) is 4.99 Å². The Morgan fingerprint density at radius 3 is 2.27 bits per heavy atom. The molecule has 1 heterocycles. The van der Waals surface area contributed by atoms with E-state index in [4.69, 9.17) is 0 Å². The van der Waals surface area contributed by atoms with Crippen LogP contribution in [-0.2, 0) is 0 Å². The van der Waals surface area contributed by atoms with Crippen molar-refractivity contribution >= 4 is 6.21 Å². The van der Waals surface area contributed by atoms with Gasteiger partial charge in [-0.25, -0.2) is 0 Å². The lowest BCUT2D eigenvalue weighted by Gasteiger charge is -2.24. The summed E-state index contributed by atoms with van der Waals surface area (Å²) in [4.78, 5) is 4.62. The molecular weight excluding hydrogens is 134 g/mol. The van der Waals surface area contributed by atoms with E-state index in [1.54, 1.807) is 0 Å². The molecule has 0 bridgehead atoms. The average molecular weight is 153 g/mol. The standard InChI is InChI=1S/C10H19N/c1-3-6-10(7-4-2)8-5-9-11-10/h9H,3-8H2,1-2H3. The smallest absolute Gasteiger partial charge is 0.0607 e. The molecule has 0 aromatic rings. The third-order valence-corrected chi connectivity index (χ3v) is 2.53. The molecule has 1 rings (SSSR count). The zero-order valence-corrected chi connectivity index (χ0v) is 7.77. The van der Waals surface area contributed by atoms with E-state index in [9.17, 15) is 0 Å². The molecule has 0 saturated heterocycles. The summed E-state index contributed by atoms with van der Waals surface area (Å²) in [5, 5.41) is 0. The van der Waals surface area contributed by atoms with E-state index in [0.29, 0.717) is 5.54 Å². The molecular formula is C10H19N. The van der Waals surface area contributed by atoms with Gasteiger partial charge in [-0.05, 0) is 31.9 Å². The van der Waals surface area contributed by atoms with Crippen LogP contribution >= 0.6 is 0 Å². The first-order valence-corrected chi connectivity index (χ1v) is 4.86. The molecule has 0 fully saturated rings. The van der Waals surface area contributed by atoms with Crippen LogP contribution < -0.4 is 0 Å². The van der Waals surface area contributed by atoms with Crippen LogP contribution in [-0.4, -0.2) is 11.8 Å². The van der Waals surface area contributed by atoms with E-state index in [-0.39, 0.29) is 0 Å².